The van der Waals surface area contributed by atoms with Gasteiger partial charge in [0.15, 0.2) is 11.5 Å². The lowest BCUT2D eigenvalue weighted by Gasteiger charge is -2.30. The summed E-state index contributed by atoms with van der Waals surface area (Å²) in [5, 5.41) is 23.1. The number of ether oxygens (including phenoxy) is 3. The molecule has 7 nitrogen and oxygen atoms in total. The lowest BCUT2D eigenvalue weighted by atomic mass is 9.81. The first kappa shape index (κ1) is 24.2. The van der Waals surface area contributed by atoms with Crippen LogP contribution in [0.25, 0.3) is 0 Å². The van der Waals surface area contributed by atoms with Gasteiger partial charge < -0.3 is 24.6 Å². The molecule has 0 amide bonds. The highest BCUT2D eigenvalue weighted by Crippen LogP contribution is 2.41. The lowest BCUT2D eigenvalue weighted by molar-refractivity contribution is -0.136. The molecule has 33 heavy (non-hydrogen) atoms. The van der Waals surface area contributed by atoms with Gasteiger partial charge in [-0.1, -0.05) is 41.9 Å². The second-order valence-electron chi connectivity index (χ2n) is 7.34. The van der Waals surface area contributed by atoms with E-state index >= 15 is 0 Å². The minimum absolute atomic E-state index is 0.0823. The summed E-state index contributed by atoms with van der Waals surface area (Å²) in [5.41, 5.74) is 2.47. The summed E-state index contributed by atoms with van der Waals surface area (Å²) in [6.07, 6.45) is 0.571. The summed E-state index contributed by atoms with van der Waals surface area (Å²) in [7, 11) is 1.30. The monoisotopic (exact) mass is 468 g/mol. The number of phenols is 1. The third kappa shape index (κ3) is 5.67. The van der Waals surface area contributed by atoms with Crippen LogP contribution in [-0.4, -0.2) is 38.0 Å². The molecule has 2 aromatic carbocycles. The van der Waals surface area contributed by atoms with Crippen LogP contribution in [0.3, 0.4) is 0 Å². The number of hydrogen-bond donors (Lipinski definition) is 2. The number of esters is 1. The van der Waals surface area contributed by atoms with Crippen LogP contribution in [0.2, 0.25) is 5.02 Å². The van der Waals surface area contributed by atoms with Gasteiger partial charge in [-0.05, 0) is 30.7 Å². The molecule has 172 valence electrons. The first-order valence-electron chi connectivity index (χ1n) is 10.4. The van der Waals surface area contributed by atoms with Gasteiger partial charge in [-0.25, -0.2) is 4.79 Å². The number of hydrogen-bond acceptors (Lipinski definition) is 7. The highest BCUT2D eigenvalue weighted by molar-refractivity contribution is 6.31. The molecule has 0 radical (unpaired) electrons. The third-order valence-corrected chi connectivity index (χ3v) is 5.53. The maximum Gasteiger partial charge on any atom is 0.336 e. The molecule has 0 fully saturated rings. The zero-order valence-corrected chi connectivity index (χ0v) is 19.2. The molecule has 2 N–H and O–H groups in total. The fraction of sp³-hybridized carbons (Fsp3) is 0.280. The van der Waals surface area contributed by atoms with E-state index in [1.165, 1.54) is 7.11 Å². The van der Waals surface area contributed by atoms with E-state index in [1.54, 1.807) is 49.4 Å². The maximum absolute atomic E-state index is 12.8. The summed E-state index contributed by atoms with van der Waals surface area (Å²) in [4.78, 5) is 12.8. The zero-order chi connectivity index (χ0) is 23.8. The number of allylic oxidation sites excluding steroid dienone is 2. The zero-order valence-electron chi connectivity index (χ0n) is 18.4. The van der Waals surface area contributed by atoms with E-state index in [9.17, 15) is 15.2 Å². The lowest BCUT2D eigenvalue weighted by Crippen LogP contribution is -2.31. The second-order valence-corrected chi connectivity index (χ2v) is 7.74. The van der Waals surface area contributed by atoms with E-state index in [0.717, 1.165) is 0 Å². The molecule has 1 heterocycles. The van der Waals surface area contributed by atoms with Crippen molar-refractivity contribution >= 4 is 17.6 Å². The molecule has 1 aliphatic heterocycles. The fourth-order valence-electron chi connectivity index (χ4n) is 3.63. The third-order valence-electron chi connectivity index (χ3n) is 5.19. The smallest absolute Gasteiger partial charge is 0.336 e. The van der Waals surface area contributed by atoms with Crippen LogP contribution < -0.4 is 10.1 Å². The number of para-hydroxylation sites is 2. The van der Waals surface area contributed by atoms with Gasteiger partial charge in [0.05, 0.1) is 55.8 Å². The van der Waals surface area contributed by atoms with Crippen LogP contribution in [0.5, 0.6) is 11.5 Å². The van der Waals surface area contributed by atoms with E-state index in [0.29, 0.717) is 58.5 Å². The highest BCUT2D eigenvalue weighted by Gasteiger charge is 2.36. The summed E-state index contributed by atoms with van der Waals surface area (Å²) in [5.74, 6) is -0.733. The summed E-state index contributed by atoms with van der Waals surface area (Å²) in [6.45, 7) is 2.60. The van der Waals surface area contributed by atoms with Gasteiger partial charge in [-0.15, -0.1) is 0 Å². The Morgan fingerprint density at radius 1 is 1.18 bits per heavy atom. The van der Waals surface area contributed by atoms with Gasteiger partial charge in [-0.2, -0.15) is 5.26 Å². The molecule has 1 unspecified atom stereocenters. The van der Waals surface area contributed by atoms with Gasteiger partial charge in [-0.3, -0.25) is 0 Å². The Morgan fingerprint density at radius 3 is 2.61 bits per heavy atom. The minimum Gasteiger partial charge on any atom is -0.504 e. The quantitative estimate of drug-likeness (QED) is 0.414. The van der Waals surface area contributed by atoms with Crippen molar-refractivity contribution in [2.45, 2.75) is 19.3 Å². The van der Waals surface area contributed by atoms with Crippen LogP contribution in [0.1, 0.15) is 24.8 Å². The fourth-order valence-corrected chi connectivity index (χ4v) is 3.87. The van der Waals surface area contributed by atoms with Crippen LogP contribution in [0.15, 0.2) is 71.1 Å². The van der Waals surface area contributed by atoms with E-state index < -0.39 is 11.9 Å². The highest BCUT2D eigenvalue weighted by atomic mass is 35.5. The Labute approximate surface area is 197 Å². The molecule has 0 saturated heterocycles. The number of benzene rings is 2. The number of nitrogens with one attached hydrogen (secondary N) is 1. The number of rotatable bonds is 9. The first-order valence-corrected chi connectivity index (χ1v) is 10.8. The van der Waals surface area contributed by atoms with E-state index in [4.69, 9.17) is 25.8 Å². The molecule has 8 heteroatoms. The van der Waals surface area contributed by atoms with E-state index in [-0.39, 0.29) is 12.4 Å². The number of methoxy groups -OCH3 is 1. The molecule has 1 aliphatic rings. The van der Waals surface area contributed by atoms with Crippen LogP contribution in [-0.2, 0) is 14.3 Å². The van der Waals surface area contributed by atoms with Crippen molar-refractivity contribution in [2.24, 2.45) is 0 Å². The van der Waals surface area contributed by atoms with Crippen molar-refractivity contribution in [1.29, 1.82) is 5.26 Å². The number of nitriles is 1. The first-order chi connectivity index (χ1) is 16.0. The van der Waals surface area contributed by atoms with Crippen LogP contribution >= 0.6 is 11.6 Å². The van der Waals surface area contributed by atoms with E-state index in [1.807, 2.05) is 6.07 Å². The SMILES string of the molecule is COC(=O)C1=C(COCCCOc2ccccc2O)NC(C)=C(C#N)C1c1ccccc1Cl. The molecular formula is C25H25ClN2O5. The molecule has 2 aromatic rings. The van der Waals surface area contributed by atoms with Crippen molar-refractivity contribution in [3.63, 3.8) is 0 Å². The van der Waals surface area contributed by atoms with Gasteiger partial charge >= 0.3 is 5.97 Å². The average molecular weight is 469 g/mol. The summed E-state index contributed by atoms with van der Waals surface area (Å²) >= 11 is 6.42. The van der Waals surface area contributed by atoms with Crippen molar-refractivity contribution < 1.29 is 24.1 Å². The Balaban J connectivity index is 1.74. The van der Waals surface area contributed by atoms with Crippen LogP contribution in [0.4, 0.5) is 0 Å². The summed E-state index contributed by atoms with van der Waals surface area (Å²) < 4.78 is 16.4. The van der Waals surface area contributed by atoms with Crippen molar-refractivity contribution in [2.75, 3.05) is 26.9 Å². The molecule has 3 rings (SSSR count). The van der Waals surface area contributed by atoms with Crippen molar-refractivity contribution in [3.8, 4) is 17.6 Å². The topological polar surface area (TPSA) is 101 Å². The molecule has 0 aromatic heterocycles. The second kappa shape index (κ2) is 11.4. The number of halogens is 1. The largest absolute Gasteiger partial charge is 0.504 e. The number of carbonyl (C=O) groups is 1. The van der Waals surface area contributed by atoms with Gasteiger partial charge in [0, 0.05) is 17.1 Å². The van der Waals surface area contributed by atoms with Gasteiger partial charge in [0.2, 0.25) is 0 Å². The van der Waals surface area contributed by atoms with E-state index in [2.05, 4.69) is 11.4 Å². The van der Waals surface area contributed by atoms with Crippen molar-refractivity contribution in [1.82, 2.24) is 5.32 Å². The predicted octanol–water partition coefficient (Wildman–Crippen LogP) is 4.44. The Kier molecular flexibility index (Phi) is 8.36. The summed E-state index contributed by atoms with van der Waals surface area (Å²) in [6, 6.07) is 16.1. The van der Waals surface area contributed by atoms with Crippen LogP contribution in [0, 0.1) is 11.3 Å². The molecule has 0 spiro atoms. The number of carbonyl (C=O) groups excluding carboxylic acids is 1. The Morgan fingerprint density at radius 2 is 1.91 bits per heavy atom. The molecule has 1 atom stereocenters. The van der Waals surface area contributed by atoms with Gasteiger partial charge in [0.25, 0.3) is 0 Å². The standard InChI is InChI=1S/C25H25ClN2O5/c1-16-18(14-27)23(17-8-3-4-9-19(17)26)24(25(30)31-2)20(28-16)15-32-12-7-13-33-22-11-6-5-10-21(22)29/h3-6,8-11,23,28-29H,7,12-13,15H2,1-2H3. The van der Waals surface area contributed by atoms with Gasteiger partial charge in [0.1, 0.15) is 0 Å². The molecule has 0 bridgehead atoms. The predicted molar refractivity (Wildman–Crippen MR) is 124 cm³/mol. The molecule has 0 saturated carbocycles. The molecule has 0 aliphatic carbocycles. The normalized spacial score (nSPS) is 15.6. The van der Waals surface area contributed by atoms with Crippen molar-refractivity contribution in [3.05, 3.63) is 81.7 Å². The Hall–Kier alpha value is -3.47. The Bertz CT molecular complexity index is 1120. The average Bonchev–Trinajstić information content (AvgIpc) is 2.81. The maximum atomic E-state index is 12.8. The number of phenolic OH excluding ortho intramolecular Hbond substituents is 1. The number of aromatic hydroxyl groups is 1. The molecular weight excluding hydrogens is 444 g/mol. The number of dihydropyridines is 1. The number of nitrogens with zero attached hydrogens (tertiary/aromatic N) is 1. The minimum atomic E-state index is -0.666.